The first-order valence-electron chi connectivity index (χ1n) is 10.6. The fourth-order valence-electron chi connectivity index (χ4n) is 3.67. The number of para-hydroxylation sites is 1. The Hall–Kier alpha value is -2.78. The Morgan fingerprint density at radius 3 is 2.61 bits per heavy atom. The van der Waals surface area contributed by atoms with Crippen LogP contribution in [0.1, 0.15) is 6.92 Å². The van der Waals surface area contributed by atoms with Crippen LogP contribution in [-0.2, 0) is 11.3 Å². The lowest BCUT2D eigenvalue weighted by atomic mass is 10.2. The van der Waals surface area contributed by atoms with E-state index in [1.807, 2.05) is 29.7 Å². The molecule has 9 heteroatoms. The summed E-state index contributed by atoms with van der Waals surface area (Å²) in [5.74, 6) is 1.69. The first-order valence-corrected chi connectivity index (χ1v) is 11.6. The molecule has 1 aliphatic rings. The predicted octanol–water partition coefficient (Wildman–Crippen LogP) is 2.59. The molecule has 1 fully saturated rings. The van der Waals surface area contributed by atoms with E-state index in [9.17, 15) is 4.79 Å². The van der Waals surface area contributed by atoms with Crippen LogP contribution in [-0.4, -0.2) is 70.6 Å². The fraction of sp³-hybridized carbons (Fsp3) is 0.409. The zero-order chi connectivity index (χ0) is 21.5. The van der Waals surface area contributed by atoms with Crippen molar-refractivity contribution in [1.29, 1.82) is 0 Å². The van der Waals surface area contributed by atoms with Gasteiger partial charge in [-0.2, -0.15) is 0 Å². The van der Waals surface area contributed by atoms with Gasteiger partial charge in [0.25, 0.3) is 0 Å². The van der Waals surface area contributed by atoms with E-state index in [2.05, 4.69) is 49.6 Å². The number of hydrogen-bond acceptors (Lipinski definition) is 7. The molecule has 0 atom stereocenters. The van der Waals surface area contributed by atoms with Crippen LogP contribution < -0.4 is 10.2 Å². The van der Waals surface area contributed by atoms with Crippen LogP contribution in [0.3, 0.4) is 0 Å². The second-order valence-electron chi connectivity index (χ2n) is 7.33. The molecular formula is C22H28N6O2S. The summed E-state index contributed by atoms with van der Waals surface area (Å²) >= 11 is 1.40. The van der Waals surface area contributed by atoms with E-state index in [4.69, 9.17) is 4.42 Å². The standard InChI is InChI=1S/C22H28N6O2S/c1-2-28-21(19-9-6-16-30-19)24-25-22(28)31-17-20(29)23-10-11-26-12-14-27(15-13-26)18-7-4-3-5-8-18/h3-9,16H,2,10-15,17H2,1H3,(H,23,29). The van der Waals surface area contributed by atoms with Crippen molar-refractivity contribution in [2.24, 2.45) is 0 Å². The minimum Gasteiger partial charge on any atom is -0.461 e. The Bertz CT molecular complexity index is 952. The van der Waals surface area contributed by atoms with Crippen LogP contribution in [0.2, 0.25) is 0 Å². The van der Waals surface area contributed by atoms with Gasteiger partial charge in [0, 0.05) is 51.5 Å². The van der Waals surface area contributed by atoms with Crippen molar-refractivity contribution in [3.8, 4) is 11.6 Å². The highest BCUT2D eigenvalue weighted by molar-refractivity contribution is 7.99. The summed E-state index contributed by atoms with van der Waals surface area (Å²) in [6.45, 7) is 8.30. The molecule has 0 bridgehead atoms. The monoisotopic (exact) mass is 440 g/mol. The summed E-state index contributed by atoms with van der Waals surface area (Å²) in [6.07, 6.45) is 1.62. The number of nitrogens with one attached hydrogen (secondary N) is 1. The van der Waals surface area contributed by atoms with Crippen LogP contribution in [0.5, 0.6) is 0 Å². The molecule has 31 heavy (non-hydrogen) atoms. The second kappa shape index (κ2) is 10.5. The first kappa shape index (κ1) is 21.5. The molecule has 1 aromatic carbocycles. The molecule has 8 nitrogen and oxygen atoms in total. The summed E-state index contributed by atoms with van der Waals surface area (Å²) in [5, 5.41) is 12.2. The Kier molecular flexibility index (Phi) is 7.26. The molecule has 2 aromatic heterocycles. The van der Waals surface area contributed by atoms with Crippen LogP contribution in [0.15, 0.2) is 58.3 Å². The van der Waals surface area contributed by atoms with E-state index >= 15 is 0 Å². The minimum absolute atomic E-state index is 0.0122. The Balaban J connectivity index is 1.17. The highest BCUT2D eigenvalue weighted by atomic mass is 32.2. The molecule has 1 saturated heterocycles. The summed E-state index contributed by atoms with van der Waals surface area (Å²) in [6, 6.07) is 14.2. The SMILES string of the molecule is CCn1c(SCC(=O)NCCN2CCN(c3ccccc3)CC2)nnc1-c1ccco1. The molecule has 164 valence electrons. The molecule has 0 saturated carbocycles. The molecule has 4 rings (SSSR count). The average molecular weight is 441 g/mol. The Labute approximate surface area is 186 Å². The fourth-order valence-corrected chi connectivity index (χ4v) is 4.50. The Morgan fingerprint density at radius 2 is 1.90 bits per heavy atom. The second-order valence-corrected chi connectivity index (χ2v) is 8.27. The van der Waals surface area contributed by atoms with Gasteiger partial charge in [0.15, 0.2) is 16.7 Å². The number of rotatable bonds is 9. The van der Waals surface area contributed by atoms with Gasteiger partial charge >= 0.3 is 0 Å². The molecule has 1 aliphatic heterocycles. The van der Waals surface area contributed by atoms with Crippen LogP contribution in [0.25, 0.3) is 11.6 Å². The van der Waals surface area contributed by atoms with Gasteiger partial charge in [0.05, 0.1) is 12.0 Å². The van der Waals surface area contributed by atoms with E-state index in [0.29, 0.717) is 30.4 Å². The summed E-state index contributed by atoms with van der Waals surface area (Å²) in [7, 11) is 0. The maximum atomic E-state index is 12.3. The smallest absolute Gasteiger partial charge is 0.230 e. The minimum atomic E-state index is 0.0122. The van der Waals surface area contributed by atoms with Gasteiger partial charge in [-0.3, -0.25) is 14.3 Å². The number of carbonyl (C=O) groups excluding carboxylic acids is 1. The topological polar surface area (TPSA) is 79.4 Å². The number of nitrogens with zero attached hydrogens (tertiary/aromatic N) is 5. The van der Waals surface area contributed by atoms with E-state index in [0.717, 1.165) is 37.9 Å². The molecule has 3 heterocycles. The van der Waals surface area contributed by atoms with Crippen molar-refractivity contribution in [2.75, 3.05) is 49.9 Å². The van der Waals surface area contributed by atoms with E-state index in [-0.39, 0.29) is 5.91 Å². The number of amides is 1. The van der Waals surface area contributed by atoms with Gasteiger partial charge in [0.2, 0.25) is 5.91 Å². The zero-order valence-electron chi connectivity index (χ0n) is 17.7. The summed E-state index contributed by atoms with van der Waals surface area (Å²) in [5.41, 5.74) is 1.28. The predicted molar refractivity (Wildman–Crippen MR) is 122 cm³/mol. The summed E-state index contributed by atoms with van der Waals surface area (Å²) in [4.78, 5) is 17.1. The molecule has 0 aliphatic carbocycles. The molecule has 1 amide bonds. The zero-order valence-corrected chi connectivity index (χ0v) is 18.6. The molecule has 0 radical (unpaired) electrons. The van der Waals surface area contributed by atoms with E-state index in [1.54, 1.807) is 6.26 Å². The molecule has 3 aromatic rings. The van der Waals surface area contributed by atoms with Crippen LogP contribution in [0.4, 0.5) is 5.69 Å². The molecule has 0 unspecified atom stereocenters. The van der Waals surface area contributed by atoms with Gasteiger partial charge in [0.1, 0.15) is 0 Å². The maximum absolute atomic E-state index is 12.3. The number of thioether (sulfide) groups is 1. The van der Waals surface area contributed by atoms with Gasteiger partial charge in [-0.25, -0.2) is 0 Å². The van der Waals surface area contributed by atoms with Crippen LogP contribution in [0, 0.1) is 0 Å². The average Bonchev–Trinajstić information content (AvgIpc) is 3.48. The number of benzene rings is 1. The van der Waals surface area contributed by atoms with Gasteiger partial charge in [-0.1, -0.05) is 30.0 Å². The van der Waals surface area contributed by atoms with Crippen molar-refractivity contribution < 1.29 is 9.21 Å². The number of anilines is 1. The lowest BCUT2D eigenvalue weighted by Crippen LogP contribution is -2.48. The lowest BCUT2D eigenvalue weighted by molar-refractivity contribution is -0.118. The maximum Gasteiger partial charge on any atom is 0.230 e. The number of carbonyl (C=O) groups is 1. The third-order valence-electron chi connectivity index (χ3n) is 5.35. The van der Waals surface area contributed by atoms with E-state index in [1.165, 1.54) is 17.4 Å². The largest absolute Gasteiger partial charge is 0.461 e. The summed E-state index contributed by atoms with van der Waals surface area (Å²) < 4.78 is 7.39. The van der Waals surface area contributed by atoms with Gasteiger partial charge in [-0.15, -0.1) is 10.2 Å². The van der Waals surface area contributed by atoms with Gasteiger partial charge in [-0.05, 0) is 31.2 Å². The highest BCUT2D eigenvalue weighted by Gasteiger charge is 2.18. The van der Waals surface area contributed by atoms with Gasteiger partial charge < -0.3 is 14.6 Å². The number of hydrogen-bond donors (Lipinski definition) is 1. The quantitative estimate of drug-likeness (QED) is 0.512. The number of furan rings is 1. The normalized spacial score (nSPS) is 14.7. The number of piperazine rings is 1. The number of aromatic nitrogens is 3. The van der Waals surface area contributed by atoms with Crippen molar-refractivity contribution in [1.82, 2.24) is 25.0 Å². The molecule has 0 spiro atoms. The van der Waals surface area contributed by atoms with E-state index < -0.39 is 0 Å². The lowest BCUT2D eigenvalue weighted by Gasteiger charge is -2.36. The van der Waals surface area contributed by atoms with Crippen molar-refractivity contribution in [3.63, 3.8) is 0 Å². The first-order chi connectivity index (χ1) is 15.2. The third-order valence-corrected chi connectivity index (χ3v) is 6.32. The Morgan fingerprint density at radius 1 is 1.10 bits per heavy atom. The van der Waals surface area contributed by atoms with Crippen LogP contribution >= 0.6 is 11.8 Å². The van der Waals surface area contributed by atoms with Crippen molar-refractivity contribution in [2.45, 2.75) is 18.6 Å². The van der Waals surface area contributed by atoms with Crippen molar-refractivity contribution >= 4 is 23.4 Å². The molecule has 1 N–H and O–H groups in total. The highest BCUT2D eigenvalue weighted by Crippen LogP contribution is 2.24. The third kappa shape index (κ3) is 5.48. The van der Waals surface area contributed by atoms with Crippen molar-refractivity contribution in [3.05, 3.63) is 48.7 Å². The molecular weight excluding hydrogens is 412 g/mol.